The van der Waals surface area contributed by atoms with Gasteiger partial charge in [-0.2, -0.15) is 0 Å². The smallest absolute Gasteiger partial charge is 0.146 e. The molecule has 10 heavy (non-hydrogen) atoms. The van der Waals surface area contributed by atoms with Crippen molar-refractivity contribution in [2.45, 2.75) is 26.2 Å². The molecule has 0 aromatic carbocycles. The maximum absolute atomic E-state index is 10.4. The topological polar surface area (TPSA) is 69.1 Å². The van der Waals surface area contributed by atoms with Crippen LogP contribution in [0.4, 0.5) is 0 Å². The summed E-state index contributed by atoms with van der Waals surface area (Å²) in [5.74, 6) is 0.173. The summed E-state index contributed by atoms with van der Waals surface area (Å²) in [6.45, 7) is 2.27. The summed E-state index contributed by atoms with van der Waals surface area (Å²) in [6.07, 6.45) is 2.72. The monoisotopic (exact) mass is 146 g/mol. The molecule has 4 N–H and O–H groups in total. The Bertz CT molecular complexity index is 74.0. The van der Waals surface area contributed by atoms with Crippen LogP contribution in [-0.4, -0.2) is 19.4 Å². The Labute approximate surface area is 62.8 Å². The zero-order valence-electron chi connectivity index (χ0n) is 6.89. The fourth-order valence-corrected chi connectivity index (χ4v) is 0.476. The number of nitrogens with two attached hydrogens (primary N) is 2. The van der Waals surface area contributed by atoms with Crippen LogP contribution in [0.25, 0.3) is 0 Å². The van der Waals surface area contributed by atoms with Gasteiger partial charge in [-0.15, -0.1) is 0 Å². The standard InChI is InChI=1S/C6H13NO.CH5N/c1-2-3-4-6(8)5-7;1-2/h2-5,7H2,1H3;2H2,1H3. The molecular formula is C7H18N2O. The molecule has 0 fully saturated rings. The molecule has 0 rings (SSSR count). The van der Waals surface area contributed by atoms with Crippen LogP contribution in [0.1, 0.15) is 26.2 Å². The van der Waals surface area contributed by atoms with Crippen molar-refractivity contribution in [2.75, 3.05) is 13.6 Å². The number of carbonyl (C=O) groups excluding carboxylic acids is 1. The lowest BCUT2D eigenvalue weighted by atomic mass is 10.2. The molecule has 3 nitrogen and oxygen atoms in total. The molecule has 0 aromatic rings. The van der Waals surface area contributed by atoms with E-state index in [0.717, 1.165) is 12.8 Å². The summed E-state index contributed by atoms with van der Waals surface area (Å²) in [4.78, 5) is 10.4. The third-order valence-corrected chi connectivity index (χ3v) is 1.04. The summed E-state index contributed by atoms with van der Waals surface area (Å²) >= 11 is 0. The lowest BCUT2D eigenvalue weighted by Crippen LogP contribution is -2.12. The summed E-state index contributed by atoms with van der Waals surface area (Å²) < 4.78 is 0. The molecule has 0 radical (unpaired) electrons. The van der Waals surface area contributed by atoms with Crippen LogP contribution < -0.4 is 11.5 Å². The summed E-state index contributed by atoms with van der Waals surface area (Å²) in [7, 11) is 1.50. The molecule has 0 saturated heterocycles. The van der Waals surface area contributed by atoms with Crippen molar-refractivity contribution in [1.29, 1.82) is 0 Å². The number of Topliss-reactive ketones (excluding diaryl/α,β-unsaturated/α-hetero) is 1. The molecule has 0 unspecified atom stereocenters. The molecule has 0 aliphatic carbocycles. The fourth-order valence-electron chi connectivity index (χ4n) is 0.476. The molecule has 3 heteroatoms. The lowest BCUT2D eigenvalue weighted by Gasteiger charge is -1.91. The first-order valence-corrected chi connectivity index (χ1v) is 3.60. The zero-order valence-corrected chi connectivity index (χ0v) is 6.89. The van der Waals surface area contributed by atoms with Crippen LogP contribution in [0.3, 0.4) is 0 Å². The minimum atomic E-state index is 0.173. The molecule has 0 bridgehead atoms. The largest absolute Gasteiger partial charge is 0.333 e. The predicted molar refractivity (Wildman–Crippen MR) is 43.7 cm³/mol. The van der Waals surface area contributed by atoms with Crippen LogP contribution in [0, 0.1) is 0 Å². The zero-order chi connectivity index (χ0) is 8.41. The first-order chi connectivity index (χ1) is 4.81. The number of hydrogen-bond donors (Lipinski definition) is 2. The number of rotatable bonds is 4. The highest BCUT2D eigenvalue weighted by molar-refractivity contribution is 5.80. The molecule has 0 spiro atoms. The van der Waals surface area contributed by atoms with E-state index in [9.17, 15) is 4.79 Å². The van der Waals surface area contributed by atoms with Gasteiger partial charge in [-0.3, -0.25) is 4.79 Å². The molecule has 0 atom stereocenters. The number of unbranched alkanes of at least 4 members (excludes halogenated alkanes) is 1. The van der Waals surface area contributed by atoms with Crippen LogP contribution >= 0.6 is 0 Å². The van der Waals surface area contributed by atoms with Gasteiger partial charge in [-0.1, -0.05) is 13.3 Å². The summed E-state index contributed by atoms with van der Waals surface area (Å²) in [5, 5.41) is 0. The third kappa shape index (κ3) is 10.5. The Morgan fingerprint density at radius 1 is 1.40 bits per heavy atom. The second kappa shape index (κ2) is 11.4. The van der Waals surface area contributed by atoms with Crippen molar-refractivity contribution in [2.24, 2.45) is 11.5 Å². The number of ketones is 1. The minimum absolute atomic E-state index is 0.173. The van der Waals surface area contributed by atoms with Crippen molar-refractivity contribution in [3.63, 3.8) is 0 Å². The van der Waals surface area contributed by atoms with Crippen molar-refractivity contribution in [3.8, 4) is 0 Å². The molecule has 0 amide bonds. The summed E-state index contributed by atoms with van der Waals surface area (Å²) in [6, 6.07) is 0. The molecule has 0 saturated carbocycles. The van der Waals surface area contributed by atoms with Crippen LogP contribution in [-0.2, 0) is 4.79 Å². The van der Waals surface area contributed by atoms with Crippen molar-refractivity contribution >= 4 is 5.78 Å². The molecule has 0 aliphatic rings. The average Bonchev–Trinajstić information content (AvgIpc) is 2.04. The van der Waals surface area contributed by atoms with Crippen LogP contribution in [0.15, 0.2) is 0 Å². The SMILES string of the molecule is CCCCC(=O)CN.CN. The van der Waals surface area contributed by atoms with E-state index in [1.165, 1.54) is 7.05 Å². The van der Waals surface area contributed by atoms with Gasteiger partial charge in [0.25, 0.3) is 0 Å². The van der Waals surface area contributed by atoms with Gasteiger partial charge in [0, 0.05) is 6.42 Å². The highest BCUT2D eigenvalue weighted by atomic mass is 16.1. The predicted octanol–water partition coefficient (Wildman–Crippen LogP) is 0.279. The van der Waals surface area contributed by atoms with E-state index >= 15 is 0 Å². The quantitative estimate of drug-likeness (QED) is 0.598. The van der Waals surface area contributed by atoms with Gasteiger partial charge in [-0.25, -0.2) is 0 Å². The molecular weight excluding hydrogens is 128 g/mol. The van der Waals surface area contributed by atoms with E-state index in [1.54, 1.807) is 0 Å². The first kappa shape index (κ1) is 12.3. The second-order valence-corrected chi connectivity index (χ2v) is 1.85. The minimum Gasteiger partial charge on any atom is -0.333 e. The summed E-state index contributed by atoms with van der Waals surface area (Å²) in [5.41, 5.74) is 9.56. The third-order valence-electron chi connectivity index (χ3n) is 1.04. The van der Waals surface area contributed by atoms with Gasteiger partial charge in [0.15, 0.2) is 0 Å². The van der Waals surface area contributed by atoms with Crippen LogP contribution in [0.5, 0.6) is 0 Å². The van der Waals surface area contributed by atoms with Gasteiger partial charge in [0.1, 0.15) is 5.78 Å². The normalized spacial score (nSPS) is 8.00. The fraction of sp³-hybridized carbons (Fsp3) is 0.857. The highest BCUT2D eigenvalue weighted by Crippen LogP contribution is 1.92. The lowest BCUT2D eigenvalue weighted by molar-refractivity contribution is -0.117. The maximum atomic E-state index is 10.4. The molecule has 62 valence electrons. The van der Waals surface area contributed by atoms with Gasteiger partial charge in [0.2, 0.25) is 0 Å². The van der Waals surface area contributed by atoms with E-state index in [2.05, 4.69) is 12.7 Å². The Balaban J connectivity index is 0. The number of hydrogen-bond acceptors (Lipinski definition) is 3. The van der Waals surface area contributed by atoms with Crippen molar-refractivity contribution in [1.82, 2.24) is 0 Å². The average molecular weight is 146 g/mol. The van der Waals surface area contributed by atoms with Crippen molar-refractivity contribution < 1.29 is 4.79 Å². The van der Waals surface area contributed by atoms with E-state index in [-0.39, 0.29) is 12.3 Å². The van der Waals surface area contributed by atoms with Gasteiger partial charge in [0.05, 0.1) is 6.54 Å². The van der Waals surface area contributed by atoms with Gasteiger partial charge in [-0.05, 0) is 13.5 Å². The van der Waals surface area contributed by atoms with E-state index < -0.39 is 0 Å². The maximum Gasteiger partial charge on any atom is 0.146 e. The second-order valence-electron chi connectivity index (χ2n) is 1.85. The Morgan fingerprint density at radius 2 is 1.90 bits per heavy atom. The van der Waals surface area contributed by atoms with Crippen molar-refractivity contribution in [3.05, 3.63) is 0 Å². The van der Waals surface area contributed by atoms with Gasteiger partial charge >= 0.3 is 0 Å². The Morgan fingerprint density at radius 3 is 2.20 bits per heavy atom. The Hall–Kier alpha value is -0.410. The molecule has 0 aromatic heterocycles. The Kier molecular flexibility index (Phi) is 14.0. The number of carbonyl (C=O) groups is 1. The van der Waals surface area contributed by atoms with E-state index in [0.29, 0.717) is 6.42 Å². The highest BCUT2D eigenvalue weighted by Gasteiger charge is 1.93. The van der Waals surface area contributed by atoms with Gasteiger partial charge < -0.3 is 11.5 Å². The van der Waals surface area contributed by atoms with E-state index in [4.69, 9.17) is 5.73 Å². The molecule has 0 heterocycles. The van der Waals surface area contributed by atoms with E-state index in [1.807, 2.05) is 0 Å². The van der Waals surface area contributed by atoms with Crippen LogP contribution in [0.2, 0.25) is 0 Å². The first-order valence-electron chi connectivity index (χ1n) is 3.60. The molecule has 0 aliphatic heterocycles.